The zero-order chi connectivity index (χ0) is 9.84. The quantitative estimate of drug-likeness (QED) is 0.715. The number of nitrogens with zero attached hydrogens (tertiary/aromatic N) is 1. The van der Waals surface area contributed by atoms with E-state index in [0.717, 1.165) is 12.0 Å². The van der Waals surface area contributed by atoms with Crippen LogP contribution in [0.1, 0.15) is 34.1 Å². The molecule has 1 aliphatic rings. The monoisotopic (exact) mass is 184 g/mol. The molecule has 0 aromatic rings. The second kappa shape index (κ2) is 4.97. The summed E-state index contributed by atoms with van der Waals surface area (Å²) in [6, 6.07) is 1.42. The molecule has 0 saturated carbocycles. The van der Waals surface area contributed by atoms with Crippen LogP contribution >= 0.6 is 0 Å². The summed E-state index contributed by atoms with van der Waals surface area (Å²) < 4.78 is 0. The van der Waals surface area contributed by atoms with Gasteiger partial charge in [0.15, 0.2) is 0 Å². The van der Waals surface area contributed by atoms with Crippen LogP contribution in [0.3, 0.4) is 0 Å². The summed E-state index contributed by atoms with van der Waals surface area (Å²) in [5.41, 5.74) is 0. The average molecular weight is 184 g/mol. The summed E-state index contributed by atoms with van der Waals surface area (Å²) in [4.78, 5) is 2.54. The first-order valence-electron chi connectivity index (χ1n) is 5.61. The molecule has 1 N–H and O–H groups in total. The van der Waals surface area contributed by atoms with E-state index in [4.69, 9.17) is 0 Å². The van der Waals surface area contributed by atoms with Gasteiger partial charge in [0.1, 0.15) is 0 Å². The van der Waals surface area contributed by atoms with Crippen molar-refractivity contribution >= 4 is 0 Å². The highest BCUT2D eigenvalue weighted by Gasteiger charge is 2.22. The Kier molecular flexibility index (Phi) is 4.20. The van der Waals surface area contributed by atoms with Gasteiger partial charge in [-0.15, -0.1) is 0 Å². The molecule has 1 saturated heterocycles. The molecule has 13 heavy (non-hydrogen) atoms. The largest absolute Gasteiger partial charge is 0.312 e. The van der Waals surface area contributed by atoms with Crippen molar-refractivity contribution in [1.29, 1.82) is 0 Å². The maximum absolute atomic E-state index is 3.58. The third-order valence-electron chi connectivity index (χ3n) is 3.03. The molecule has 0 aromatic heterocycles. The number of likely N-dealkylation sites (N-methyl/N-ethyl adjacent to an activating group) is 1. The van der Waals surface area contributed by atoms with Crippen LogP contribution in [0.25, 0.3) is 0 Å². The van der Waals surface area contributed by atoms with E-state index in [2.05, 4.69) is 37.9 Å². The van der Waals surface area contributed by atoms with Crippen molar-refractivity contribution in [3.05, 3.63) is 0 Å². The summed E-state index contributed by atoms with van der Waals surface area (Å²) in [6.07, 6.45) is 1.35. The van der Waals surface area contributed by atoms with Gasteiger partial charge in [-0.2, -0.15) is 0 Å². The zero-order valence-corrected chi connectivity index (χ0v) is 9.51. The lowest BCUT2D eigenvalue weighted by Crippen LogP contribution is -2.40. The van der Waals surface area contributed by atoms with Crippen LogP contribution in [0.4, 0.5) is 0 Å². The molecule has 1 rings (SSSR count). The number of rotatable bonds is 4. The van der Waals surface area contributed by atoms with Gasteiger partial charge >= 0.3 is 0 Å². The molecule has 0 spiro atoms. The third-order valence-corrected chi connectivity index (χ3v) is 3.03. The Balaban J connectivity index is 2.30. The van der Waals surface area contributed by atoms with Crippen LogP contribution in [0.5, 0.6) is 0 Å². The highest BCUT2D eigenvalue weighted by atomic mass is 15.2. The van der Waals surface area contributed by atoms with Crippen molar-refractivity contribution in [2.45, 2.75) is 46.2 Å². The molecule has 2 nitrogen and oxygen atoms in total. The standard InChI is InChI=1S/C11H24N2/c1-5-13(9(2)3)8-11-6-10(4)7-12-11/h9-12H,5-8H2,1-4H3. The van der Waals surface area contributed by atoms with Crippen molar-refractivity contribution in [1.82, 2.24) is 10.2 Å². The van der Waals surface area contributed by atoms with E-state index in [1.807, 2.05) is 0 Å². The smallest absolute Gasteiger partial charge is 0.0198 e. The summed E-state index contributed by atoms with van der Waals surface area (Å²) in [5.74, 6) is 0.871. The molecular weight excluding hydrogens is 160 g/mol. The first-order valence-corrected chi connectivity index (χ1v) is 5.61. The van der Waals surface area contributed by atoms with E-state index >= 15 is 0 Å². The van der Waals surface area contributed by atoms with E-state index < -0.39 is 0 Å². The van der Waals surface area contributed by atoms with E-state index in [-0.39, 0.29) is 0 Å². The Bertz CT molecular complexity index is 145. The van der Waals surface area contributed by atoms with Crippen molar-refractivity contribution in [3.63, 3.8) is 0 Å². The van der Waals surface area contributed by atoms with Gasteiger partial charge in [-0.25, -0.2) is 0 Å². The second-order valence-electron chi connectivity index (χ2n) is 4.63. The molecule has 1 heterocycles. The van der Waals surface area contributed by atoms with Crippen molar-refractivity contribution in [3.8, 4) is 0 Å². The topological polar surface area (TPSA) is 15.3 Å². The Hall–Kier alpha value is -0.0800. The molecule has 2 unspecified atom stereocenters. The van der Waals surface area contributed by atoms with Crippen molar-refractivity contribution < 1.29 is 0 Å². The minimum atomic E-state index is 0.683. The third kappa shape index (κ3) is 3.28. The summed E-state index contributed by atoms with van der Waals surface area (Å²) in [6.45, 7) is 12.7. The minimum absolute atomic E-state index is 0.683. The molecule has 78 valence electrons. The predicted molar refractivity (Wildman–Crippen MR) is 58.0 cm³/mol. The van der Waals surface area contributed by atoms with E-state index in [1.165, 1.54) is 26.1 Å². The van der Waals surface area contributed by atoms with Crippen molar-refractivity contribution in [2.24, 2.45) is 5.92 Å². The number of hydrogen-bond acceptors (Lipinski definition) is 2. The molecule has 2 atom stereocenters. The highest BCUT2D eigenvalue weighted by molar-refractivity contribution is 4.82. The van der Waals surface area contributed by atoms with Gasteiger partial charge in [-0.1, -0.05) is 13.8 Å². The average Bonchev–Trinajstić information content (AvgIpc) is 2.46. The Morgan fingerprint density at radius 2 is 2.15 bits per heavy atom. The zero-order valence-electron chi connectivity index (χ0n) is 9.51. The summed E-state index contributed by atoms with van der Waals surface area (Å²) in [7, 11) is 0. The van der Waals surface area contributed by atoms with Gasteiger partial charge in [-0.3, -0.25) is 4.90 Å². The second-order valence-corrected chi connectivity index (χ2v) is 4.63. The lowest BCUT2D eigenvalue weighted by atomic mass is 10.1. The summed E-state index contributed by atoms with van der Waals surface area (Å²) in [5, 5.41) is 3.58. The first-order chi connectivity index (χ1) is 6.13. The predicted octanol–water partition coefficient (Wildman–Crippen LogP) is 1.71. The molecule has 2 heteroatoms. The Morgan fingerprint density at radius 1 is 1.46 bits per heavy atom. The first kappa shape index (κ1) is 11.0. The van der Waals surface area contributed by atoms with E-state index in [1.54, 1.807) is 0 Å². The molecule has 0 aromatic carbocycles. The maximum Gasteiger partial charge on any atom is 0.0198 e. The molecule has 0 radical (unpaired) electrons. The molecule has 0 bridgehead atoms. The molecule has 0 amide bonds. The van der Waals surface area contributed by atoms with Crippen LogP contribution in [-0.2, 0) is 0 Å². The van der Waals surface area contributed by atoms with Crippen LogP contribution in [-0.4, -0.2) is 36.6 Å². The fraction of sp³-hybridized carbons (Fsp3) is 1.00. The van der Waals surface area contributed by atoms with Gasteiger partial charge < -0.3 is 5.32 Å². The number of nitrogens with one attached hydrogen (secondary N) is 1. The molecule has 0 aliphatic carbocycles. The lowest BCUT2D eigenvalue weighted by molar-refractivity contribution is 0.212. The lowest BCUT2D eigenvalue weighted by Gasteiger charge is -2.27. The normalized spacial score (nSPS) is 29.1. The van der Waals surface area contributed by atoms with Gasteiger partial charge in [0.25, 0.3) is 0 Å². The highest BCUT2D eigenvalue weighted by Crippen LogP contribution is 2.14. The van der Waals surface area contributed by atoms with Gasteiger partial charge in [-0.05, 0) is 39.3 Å². The van der Waals surface area contributed by atoms with Gasteiger partial charge in [0, 0.05) is 18.6 Å². The minimum Gasteiger partial charge on any atom is -0.312 e. The van der Waals surface area contributed by atoms with Crippen LogP contribution in [0.2, 0.25) is 0 Å². The molecule has 1 aliphatic heterocycles. The van der Waals surface area contributed by atoms with Gasteiger partial charge in [0.05, 0.1) is 0 Å². The molecular formula is C11H24N2. The summed E-state index contributed by atoms with van der Waals surface area (Å²) >= 11 is 0. The van der Waals surface area contributed by atoms with E-state index in [0.29, 0.717) is 6.04 Å². The Labute approximate surface area is 82.7 Å². The maximum atomic E-state index is 3.58. The van der Waals surface area contributed by atoms with Crippen molar-refractivity contribution in [2.75, 3.05) is 19.6 Å². The SMILES string of the molecule is CCN(CC1CC(C)CN1)C(C)C. The Morgan fingerprint density at radius 3 is 2.54 bits per heavy atom. The van der Waals surface area contributed by atoms with Gasteiger partial charge in [0.2, 0.25) is 0 Å². The fourth-order valence-electron chi connectivity index (χ4n) is 2.15. The van der Waals surface area contributed by atoms with Crippen LogP contribution in [0, 0.1) is 5.92 Å². The van der Waals surface area contributed by atoms with E-state index in [9.17, 15) is 0 Å². The number of hydrogen-bond donors (Lipinski definition) is 1. The fourth-order valence-corrected chi connectivity index (χ4v) is 2.15. The van der Waals surface area contributed by atoms with Crippen LogP contribution < -0.4 is 5.32 Å². The molecule has 1 fully saturated rings. The van der Waals surface area contributed by atoms with Crippen LogP contribution in [0.15, 0.2) is 0 Å².